The van der Waals surface area contributed by atoms with Gasteiger partial charge in [-0.25, -0.2) is 4.79 Å². The molecule has 1 aliphatic rings. The Labute approximate surface area is 101 Å². The second-order valence-electron chi connectivity index (χ2n) is 3.71. The Hall–Kier alpha value is -0.950. The summed E-state index contributed by atoms with van der Waals surface area (Å²) in [6.45, 7) is 6.39. The summed E-state index contributed by atoms with van der Waals surface area (Å²) < 4.78 is 0. The molecule has 0 bridgehead atoms. The zero-order valence-electron chi connectivity index (χ0n) is 10.1. The van der Waals surface area contributed by atoms with Crippen LogP contribution < -0.4 is 5.32 Å². The van der Waals surface area contributed by atoms with Crippen molar-refractivity contribution in [2.75, 3.05) is 13.1 Å². The van der Waals surface area contributed by atoms with Crippen LogP contribution in [0.2, 0.25) is 0 Å². The highest BCUT2D eigenvalue weighted by Crippen LogP contribution is 2.19. The summed E-state index contributed by atoms with van der Waals surface area (Å²) in [5, 5.41) is 38.7. The van der Waals surface area contributed by atoms with Crippen LogP contribution in [0.15, 0.2) is 11.6 Å². The maximum absolute atomic E-state index is 10.4. The summed E-state index contributed by atoms with van der Waals surface area (Å²) in [5.41, 5.74) is -0.0692. The molecule has 0 aromatic heterocycles. The predicted octanol–water partition coefficient (Wildman–Crippen LogP) is -0.900. The first-order valence-corrected chi connectivity index (χ1v) is 5.62. The summed E-state index contributed by atoms with van der Waals surface area (Å²) >= 11 is 0. The molecule has 0 amide bonds. The van der Waals surface area contributed by atoms with Gasteiger partial charge >= 0.3 is 5.97 Å². The van der Waals surface area contributed by atoms with Crippen molar-refractivity contribution < 1.29 is 25.2 Å². The lowest BCUT2D eigenvalue weighted by atomic mass is 9.92. The number of rotatable bonds is 3. The molecule has 0 fully saturated rings. The van der Waals surface area contributed by atoms with Crippen LogP contribution in [0.1, 0.15) is 20.3 Å². The van der Waals surface area contributed by atoms with E-state index in [2.05, 4.69) is 19.2 Å². The average molecular weight is 247 g/mol. The van der Waals surface area contributed by atoms with Gasteiger partial charge in [0.25, 0.3) is 0 Å². The average Bonchev–Trinajstić information content (AvgIpc) is 2.27. The standard InChI is InChI=1S/C7H10O5.C4H11N/c8-4-1-3(7(11)12)2-5(9)6(4)10;1-3-5-4-2/h1,4-6,8-10H,2H2,(H,11,12);5H,3-4H2,1-2H3. The minimum Gasteiger partial charge on any atom is -0.478 e. The van der Waals surface area contributed by atoms with Crippen LogP contribution in [-0.2, 0) is 4.79 Å². The second-order valence-corrected chi connectivity index (χ2v) is 3.71. The van der Waals surface area contributed by atoms with E-state index in [1.54, 1.807) is 0 Å². The smallest absolute Gasteiger partial charge is 0.331 e. The first-order chi connectivity index (χ1) is 7.93. The summed E-state index contributed by atoms with van der Waals surface area (Å²) in [7, 11) is 0. The van der Waals surface area contributed by atoms with Crippen LogP contribution >= 0.6 is 0 Å². The molecule has 0 saturated heterocycles. The molecule has 5 N–H and O–H groups in total. The van der Waals surface area contributed by atoms with Crippen molar-refractivity contribution in [2.24, 2.45) is 0 Å². The topological polar surface area (TPSA) is 110 Å². The van der Waals surface area contributed by atoms with Crippen molar-refractivity contribution in [1.29, 1.82) is 0 Å². The molecule has 3 atom stereocenters. The summed E-state index contributed by atoms with van der Waals surface area (Å²) in [6, 6.07) is 0. The fourth-order valence-corrected chi connectivity index (χ4v) is 1.36. The van der Waals surface area contributed by atoms with Crippen molar-refractivity contribution in [2.45, 2.75) is 38.6 Å². The van der Waals surface area contributed by atoms with E-state index in [9.17, 15) is 4.79 Å². The number of carbonyl (C=O) groups is 1. The van der Waals surface area contributed by atoms with Gasteiger partial charge in [0.1, 0.15) is 12.2 Å². The van der Waals surface area contributed by atoms with E-state index >= 15 is 0 Å². The molecule has 1 aliphatic carbocycles. The van der Waals surface area contributed by atoms with Crippen LogP contribution in [0.5, 0.6) is 0 Å². The number of aliphatic carboxylic acids is 1. The van der Waals surface area contributed by atoms with Crippen LogP contribution in [-0.4, -0.2) is 57.8 Å². The van der Waals surface area contributed by atoms with Crippen molar-refractivity contribution in [3.63, 3.8) is 0 Å². The fourth-order valence-electron chi connectivity index (χ4n) is 1.36. The molecule has 3 unspecified atom stereocenters. The Balaban J connectivity index is 0.000000437. The van der Waals surface area contributed by atoms with Crippen LogP contribution in [0.3, 0.4) is 0 Å². The fraction of sp³-hybridized carbons (Fsp3) is 0.727. The van der Waals surface area contributed by atoms with Gasteiger partial charge in [-0.05, 0) is 19.2 Å². The van der Waals surface area contributed by atoms with E-state index in [0.29, 0.717) is 0 Å². The molecule has 100 valence electrons. The molecule has 17 heavy (non-hydrogen) atoms. The van der Waals surface area contributed by atoms with Crippen molar-refractivity contribution in [1.82, 2.24) is 5.32 Å². The molecule has 0 spiro atoms. The normalized spacial score (nSPS) is 27.8. The first kappa shape index (κ1) is 16.1. The largest absolute Gasteiger partial charge is 0.478 e. The molecule has 6 heteroatoms. The van der Waals surface area contributed by atoms with Gasteiger partial charge in [-0.1, -0.05) is 13.8 Å². The molecular weight excluding hydrogens is 226 g/mol. The lowest BCUT2D eigenvalue weighted by molar-refractivity contribution is -0.134. The summed E-state index contributed by atoms with van der Waals surface area (Å²) in [4.78, 5) is 10.4. The Bertz CT molecular complexity index is 265. The molecule has 0 aliphatic heterocycles. The van der Waals surface area contributed by atoms with Gasteiger partial charge in [-0.15, -0.1) is 0 Å². The third-order valence-corrected chi connectivity index (χ3v) is 2.32. The van der Waals surface area contributed by atoms with Gasteiger partial charge in [-0.3, -0.25) is 0 Å². The SMILES string of the molecule is CCNCC.O=C(O)C1=CC(O)C(O)C(O)C1. The third-order valence-electron chi connectivity index (χ3n) is 2.32. The predicted molar refractivity (Wildman–Crippen MR) is 62.6 cm³/mol. The van der Waals surface area contributed by atoms with Gasteiger partial charge in [-0.2, -0.15) is 0 Å². The van der Waals surface area contributed by atoms with E-state index in [4.69, 9.17) is 20.4 Å². The number of aliphatic hydroxyl groups excluding tert-OH is 3. The maximum atomic E-state index is 10.4. The molecule has 6 nitrogen and oxygen atoms in total. The molecule has 0 heterocycles. The van der Waals surface area contributed by atoms with Crippen molar-refractivity contribution >= 4 is 5.97 Å². The van der Waals surface area contributed by atoms with Crippen LogP contribution in [0.25, 0.3) is 0 Å². The maximum Gasteiger partial charge on any atom is 0.331 e. The lowest BCUT2D eigenvalue weighted by Gasteiger charge is -2.25. The molecule has 0 aromatic carbocycles. The third kappa shape index (κ3) is 5.78. The number of aliphatic hydroxyl groups is 3. The van der Waals surface area contributed by atoms with Crippen molar-refractivity contribution in [3.8, 4) is 0 Å². The number of carboxylic acids is 1. The zero-order valence-corrected chi connectivity index (χ0v) is 10.1. The molecule has 1 rings (SSSR count). The number of hydrogen-bond donors (Lipinski definition) is 5. The molecule has 0 radical (unpaired) electrons. The van der Waals surface area contributed by atoms with Gasteiger partial charge in [0, 0.05) is 12.0 Å². The highest BCUT2D eigenvalue weighted by Gasteiger charge is 2.31. The highest BCUT2D eigenvalue weighted by atomic mass is 16.4. The zero-order chi connectivity index (χ0) is 13.4. The van der Waals surface area contributed by atoms with Gasteiger partial charge in [0.2, 0.25) is 0 Å². The second kappa shape index (κ2) is 8.19. The van der Waals surface area contributed by atoms with Crippen LogP contribution in [0.4, 0.5) is 0 Å². The van der Waals surface area contributed by atoms with Gasteiger partial charge in [0.05, 0.1) is 6.10 Å². The number of hydrogen-bond acceptors (Lipinski definition) is 5. The minimum atomic E-state index is -1.29. The first-order valence-electron chi connectivity index (χ1n) is 5.62. The summed E-state index contributed by atoms with van der Waals surface area (Å²) in [5.74, 6) is -1.18. The van der Waals surface area contributed by atoms with Crippen LogP contribution in [0, 0.1) is 0 Å². The van der Waals surface area contributed by atoms with Crippen molar-refractivity contribution in [3.05, 3.63) is 11.6 Å². The van der Waals surface area contributed by atoms with E-state index in [0.717, 1.165) is 19.2 Å². The Morgan fingerprint density at radius 2 is 1.88 bits per heavy atom. The molecule has 0 saturated carbocycles. The van der Waals surface area contributed by atoms with Gasteiger partial charge in [0.15, 0.2) is 0 Å². The monoisotopic (exact) mass is 247 g/mol. The van der Waals surface area contributed by atoms with E-state index in [1.165, 1.54) is 0 Å². The number of carboxylic acid groups (broad SMARTS) is 1. The van der Waals surface area contributed by atoms with E-state index in [1.807, 2.05) is 0 Å². The quantitative estimate of drug-likeness (QED) is 0.442. The Morgan fingerprint density at radius 1 is 1.35 bits per heavy atom. The minimum absolute atomic E-state index is 0.0692. The number of nitrogens with one attached hydrogen (secondary N) is 1. The Kier molecular flexibility index (Phi) is 7.73. The lowest BCUT2D eigenvalue weighted by Crippen LogP contribution is -2.40. The molecular formula is C11H21NO5. The van der Waals surface area contributed by atoms with Gasteiger partial charge < -0.3 is 25.7 Å². The molecule has 0 aromatic rings. The Morgan fingerprint density at radius 3 is 2.18 bits per heavy atom. The van der Waals surface area contributed by atoms with E-state index < -0.39 is 24.3 Å². The highest BCUT2D eigenvalue weighted by molar-refractivity contribution is 5.87. The summed E-state index contributed by atoms with van der Waals surface area (Å²) in [6.07, 6.45) is -2.86. The van der Waals surface area contributed by atoms with E-state index in [-0.39, 0.29) is 12.0 Å².